The first-order chi connectivity index (χ1) is 17.6. The number of carbonyl (C=O) groups excluding carboxylic acids is 1. The molecule has 2 heterocycles. The molecule has 0 saturated heterocycles. The molecule has 3 aromatic rings. The summed E-state index contributed by atoms with van der Waals surface area (Å²) in [6, 6.07) is 9.90. The minimum absolute atomic E-state index is 0.0247. The average Bonchev–Trinajstić information content (AvgIpc) is 3.09. The van der Waals surface area contributed by atoms with E-state index in [2.05, 4.69) is 21.8 Å². The largest absolute Gasteiger partial charge is 0.375 e. The Balaban J connectivity index is 1.33. The number of pyridine rings is 1. The van der Waals surface area contributed by atoms with Crippen LogP contribution in [-0.2, 0) is 11.3 Å². The van der Waals surface area contributed by atoms with Crippen LogP contribution in [-0.4, -0.2) is 39.8 Å². The van der Waals surface area contributed by atoms with Gasteiger partial charge in [0.05, 0.1) is 17.8 Å². The van der Waals surface area contributed by atoms with Gasteiger partial charge in [-0.25, -0.2) is 8.78 Å². The normalized spacial score (nSPS) is 21.9. The second kappa shape index (κ2) is 9.91. The Morgan fingerprint density at radius 2 is 1.95 bits per heavy atom. The van der Waals surface area contributed by atoms with Crippen LogP contribution < -0.4 is 10.9 Å². The number of alkyl halides is 2. The van der Waals surface area contributed by atoms with Gasteiger partial charge in [0.1, 0.15) is 0 Å². The van der Waals surface area contributed by atoms with Gasteiger partial charge in [-0.15, -0.1) is 11.8 Å². The molecule has 2 fully saturated rings. The van der Waals surface area contributed by atoms with Gasteiger partial charge in [0, 0.05) is 58.2 Å². The number of para-hydroxylation sites is 1. The average molecular weight is 530 g/mol. The molecule has 5 rings (SSSR count). The summed E-state index contributed by atoms with van der Waals surface area (Å²) in [6.07, 6.45) is 2.92. The molecule has 1 atom stereocenters. The van der Waals surface area contributed by atoms with Crippen molar-refractivity contribution >= 4 is 28.6 Å². The number of aryl methyl sites for hydroxylation is 1. The van der Waals surface area contributed by atoms with E-state index in [1.54, 1.807) is 0 Å². The van der Waals surface area contributed by atoms with Crippen LogP contribution >= 0.6 is 11.8 Å². The van der Waals surface area contributed by atoms with Gasteiger partial charge in [0.2, 0.25) is 0 Å². The number of nitrogens with one attached hydrogen (secondary N) is 2. The molecule has 0 aliphatic heterocycles. The summed E-state index contributed by atoms with van der Waals surface area (Å²) in [7, 11) is 0. The first kappa shape index (κ1) is 26.0. The van der Waals surface area contributed by atoms with Crippen LogP contribution in [0.4, 0.5) is 8.78 Å². The summed E-state index contributed by atoms with van der Waals surface area (Å²) >= 11 is 1.48. The smallest absolute Gasteiger partial charge is 0.254 e. The molecule has 37 heavy (non-hydrogen) atoms. The van der Waals surface area contributed by atoms with Gasteiger partial charge in [-0.05, 0) is 57.9 Å². The number of hydrogen-bond donors (Lipinski definition) is 2. The zero-order valence-electron chi connectivity index (χ0n) is 21.6. The van der Waals surface area contributed by atoms with Gasteiger partial charge in [0.25, 0.3) is 17.4 Å². The maximum Gasteiger partial charge on any atom is 0.254 e. The van der Waals surface area contributed by atoms with E-state index in [0.29, 0.717) is 17.0 Å². The Hall–Kier alpha value is -2.65. The molecule has 0 spiro atoms. The second-order valence-corrected chi connectivity index (χ2v) is 11.3. The highest BCUT2D eigenvalue weighted by Crippen LogP contribution is 2.45. The van der Waals surface area contributed by atoms with E-state index in [-0.39, 0.29) is 49.1 Å². The lowest BCUT2D eigenvalue weighted by molar-refractivity contribution is -0.200. The number of aromatic amines is 1. The molecule has 6 nitrogen and oxygen atoms in total. The van der Waals surface area contributed by atoms with Crippen molar-refractivity contribution in [1.29, 1.82) is 0 Å². The number of aromatic nitrogens is 2. The van der Waals surface area contributed by atoms with E-state index in [1.165, 1.54) is 11.8 Å². The van der Waals surface area contributed by atoms with Crippen molar-refractivity contribution in [2.75, 3.05) is 6.26 Å². The number of H-pyrrole nitrogens is 1. The van der Waals surface area contributed by atoms with Gasteiger partial charge in [-0.3, -0.25) is 9.59 Å². The fraction of sp³-hybridized carbons (Fsp3) is 0.500. The number of carbonyl (C=O) groups is 1. The zero-order valence-corrected chi connectivity index (χ0v) is 22.4. The molecule has 2 aliphatic rings. The lowest BCUT2D eigenvalue weighted by atomic mass is 9.77. The molecule has 0 unspecified atom stereocenters. The number of ether oxygens (including phenoxy) is 1. The molecule has 1 aromatic carbocycles. The molecular weight excluding hydrogens is 496 g/mol. The predicted molar refractivity (Wildman–Crippen MR) is 142 cm³/mol. The molecule has 2 N–H and O–H groups in total. The number of rotatable bonds is 8. The monoisotopic (exact) mass is 529 g/mol. The Bertz CT molecular complexity index is 1390. The summed E-state index contributed by atoms with van der Waals surface area (Å²) in [4.78, 5) is 29.7. The Morgan fingerprint density at radius 1 is 1.24 bits per heavy atom. The zero-order chi connectivity index (χ0) is 26.5. The van der Waals surface area contributed by atoms with Crippen molar-refractivity contribution in [2.24, 2.45) is 5.92 Å². The number of benzene rings is 1. The Labute approximate surface area is 219 Å². The van der Waals surface area contributed by atoms with Crippen molar-refractivity contribution in [1.82, 2.24) is 14.9 Å². The minimum atomic E-state index is -2.57. The lowest BCUT2D eigenvalue weighted by Crippen LogP contribution is -2.46. The van der Waals surface area contributed by atoms with E-state index in [9.17, 15) is 18.4 Å². The number of thioether (sulfide) groups is 1. The number of fused-ring (bicyclic) bond motifs is 1. The van der Waals surface area contributed by atoms with Crippen LogP contribution in [0.15, 0.2) is 40.0 Å². The molecular formula is C28H33F2N3O3S. The van der Waals surface area contributed by atoms with Crippen LogP contribution in [0.1, 0.15) is 66.0 Å². The first-order valence-electron chi connectivity index (χ1n) is 12.8. The molecule has 9 heteroatoms. The number of nitrogens with zero attached hydrogens (tertiary/aromatic N) is 1. The van der Waals surface area contributed by atoms with Crippen molar-refractivity contribution < 1.29 is 18.3 Å². The minimum Gasteiger partial charge on any atom is -0.375 e. The molecule has 2 aliphatic carbocycles. The third kappa shape index (κ3) is 4.95. The number of amides is 1. The maximum absolute atomic E-state index is 13.5. The highest BCUT2D eigenvalue weighted by Gasteiger charge is 2.48. The SMILES string of the molecule is CSc1cc(C)[nH]c(=O)c1CNC(=O)c1c(C)n([C@H](C)C2CC(OC3CC(F)(F)C3)C2)c2ccccc12. The van der Waals surface area contributed by atoms with E-state index in [4.69, 9.17) is 4.74 Å². The summed E-state index contributed by atoms with van der Waals surface area (Å²) in [5.41, 5.74) is 3.61. The fourth-order valence-corrected chi connectivity index (χ4v) is 6.50. The highest BCUT2D eigenvalue weighted by atomic mass is 32.2. The number of hydrogen-bond acceptors (Lipinski definition) is 4. The maximum atomic E-state index is 13.5. The number of halogens is 2. The van der Waals surface area contributed by atoms with Crippen LogP contribution in [0, 0.1) is 19.8 Å². The Morgan fingerprint density at radius 3 is 2.62 bits per heavy atom. The molecule has 1 amide bonds. The van der Waals surface area contributed by atoms with Gasteiger partial charge < -0.3 is 19.6 Å². The Kier molecular flexibility index (Phi) is 6.96. The molecule has 198 valence electrons. The summed E-state index contributed by atoms with van der Waals surface area (Å²) in [5.74, 6) is -2.44. The van der Waals surface area contributed by atoms with Crippen molar-refractivity contribution in [2.45, 2.75) is 82.1 Å². The van der Waals surface area contributed by atoms with Crippen LogP contribution in [0.5, 0.6) is 0 Å². The van der Waals surface area contributed by atoms with Crippen LogP contribution in [0.25, 0.3) is 10.9 Å². The van der Waals surface area contributed by atoms with Gasteiger partial charge in [-0.1, -0.05) is 18.2 Å². The molecule has 0 bridgehead atoms. The lowest BCUT2D eigenvalue weighted by Gasteiger charge is -2.44. The quantitative estimate of drug-likeness (QED) is 0.364. The van der Waals surface area contributed by atoms with Crippen LogP contribution in [0.2, 0.25) is 0 Å². The standard InChI is InChI=1S/C28H33F2N3O3S/c1-15-9-24(37-4)22(26(34)32-15)14-31-27(35)25-17(3)33(23-8-6-5-7-21(23)25)16(2)18-10-19(11-18)36-20-12-28(29,30)13-20/h5-9,16,18-20H,10-14H2,1-4H3,(H,31,35)(H,32,34)/t16-,18?,19?/m1/s1. The van der Waals surface area contributed by atoms with E-state index in [0.717, 1.165) is 40.0 Å². The van der Waals surface area contributed by atoms with Crippen LogP contribution in [0.3, 0.4) is 0 Å². The van der Waals surface area contributed by atoms with Crippen molar-refractivity contribution in [3.63, 3.8) is 0 Å². The van der Waals surface area contributed by atoms with Crippen molar-refractivity contribution in [3.8, 4) is 0 Å². The summed E-state index contributed by atoms with van der Waals surface area (Å²) in [5, 5.41) is 3.85. The van der Waals surface area contributed by atoms with E-state index < -0.39 is 5.92 Å². The first-order valence-corrected chi connectivity index (χ1v) is 14.0. The highest BCUT2D eigenvalue weighted by molar-refractivity contribution is 7.98. The van der Waals surface area contributed by atoms with Gasteiger partial charge in [-0.2, -0.15) is 0 Å². The van der Waals surface area contributed by atoms with Crippen molar-refractivity contribution in [3.05, 3.63) is 63.2 Å². The molecule has 0 radical (unpaired) electrons. The third-order valence-corrected chi connectivity index (χ3v) is 8.72. The van der Waals surface area contributed by atoms with E-state index in [1.807, 2.05) is 50.4 Å². The predicted octanol–water partition coefficient (Wildman–Crippen LogP) is 5.75. The summed E-state index contributed by atoms with van der Waals surface area (Å²) < 4.78 is 34.4. The van der Waals surface area contributed by atoms with Gasteiger partial charge in [0.15, 0.2) is 0 Å². The van der Waals surface area contributed by atoms with E-state index >= 15 is 0 Å². The third-order valence-electron chi connectivity index (χ3n) is 7.92. The topological polar surface area (TPSA) is 76.1 Å². The summed E-state index contributed by atoms with van der Waals surface area (Å²) in [6.45, 7) is 6.09. The molecule has 2 aromatic heterocycles. The van der Waals surface area contributed by atoms with Gasteiger partial charge >= 0.3 is 0 Å². The second-order valence-electron chi connectivity index (χ2n) is 10.5. The molecule has 2 saturated carbocycles. The fourth-order valence-electron chi connectivity index (χ4n) is 5.79.